The molecule has 3 rings (SSSR count). The van der Waals surface area contributed by atoms with Gasteiger partial charge in [0.1, 0.15) is 11.9 Å². The lowest BCUT2D eigenvalue weighted by Crippen LogP contribution is -2.44. The lowest BCUT2D eigenvalue weighted by atomic mass is 9.86. The summed E-state index contributed by atoms with van der Waals surface area (Å²) in [4.78, 5) is 26.7. The Balaban J connectivity index is 1.38. The summed E-state index contributed by atoms with van der Waals surface area (Å²) in [5.41, 5.74) is 1.76. The molecule has 2 N–H and O–H groups in total. The van der Waals surface area contributed by atoms with Crippen molar-refractivity contribution in [3.63, 3.8) is 0 Å². The molecule has 6 nitrogen and oxygen atoms in total. The van der Waals surface area contributed by atoms with Crippen LogP contribution in [0, 0.1) is 18.8 Å². The third-order valence-corrected chi connectivity index (χ3v) is 6.49. The molecule has 0 bridgehead atoms. The molecule has 1 heterocycles. The molecule has 1 aromatic carbocycles. The highest BCUT2D eigenvalue weighted by molar-refractivity contribution is 5.79. The standard InChI is InChI=1S/C23H34N2O4/c1-3-17-4-7-20(8-5-17)29-23(28)25-12-10-19(11-13-25)22(27)24-15-18-6-9-21(26)16(2)14-18/h6,9,14,17,19-20,26H,3-5,7-8,10-13,15H2,1-2H3,(H,24,27)/t17-,20-. The third-order valence-electron chi connectivity index (χ3n) is 6.49. The second kappa shape index (κ2) is 9.99. The molecule has 0 aromatic heterocycles. The summed E-state index contributed by atoms with van der Waals surface area (Å²) in [6, 6.07) is 5.34. The number of amides is 2. The molecule has 2 aliphatic rings. The molecule has 6 heteroatoms. The predicted molar refractivity (Wildman–Crippen MR) is 112 cm³/mol. The quantitative estimate of drug-likeness (QED) is 0.776. The Morgan fingerprint density at radius 3 is 2.45 bits per heavy atom. The van der Waals surface area contributed by atoms with Gasteiger partial charge in [0.05, 0.1) is 0 Å². The van der Waals surface area contributed by atoms with E-state index in [0.29, 0.717) is 32.5 Å². The molecule has 1 aliphatic carbocycles. The largest absolute Gasteiger partial charge is 0.508 e. The highest BCUT2D eigenvalue weighted by atomic mass is 16.6. The van der Waals surface area contributed by atoms with Crippen LogP contribution in [0.2, 0.25) is 0 Å². The predicted octanol–water partition coefficient (Wildman–Crippen LogP) is 4.13. The summed E-state index contributed by atoms with van der Waals surface area (Å²) in [6.45, 7) is 5.65. The zero-order valence-corrected chi connectivity index (χ0v) is 17.7. The zero-order valence-electron chi connectivity index (χ0n) is 17.7. The first kappa shape index (κ1) is 21.5. The van der Waals surface area contributed by atoms with Crippen LogP contribution >= 0.6 is 0 Å². The van der Waals surface area contributed by atoms with Crippen molar-refractivity contribution in [3.05, 3.63) is 29.3 Å². The molecule has 0 unspecified atom stereocenters. The Morgan fingerprint density at radius 2 is 1.83 bits per heavy atom. The Bertz CT molecular complexity index is 705. The fraction of sp³-hybridized carbons (Fsp3) is 0.652. The number of phenolic OH excluding ortho intramolecular Hbond substituents is 1. The summed E-state index contributed by atoms with van der Waals surface area (Å²) in [7, 11) is 0. The molecule has 1 saturated carbocycles. The van der Waals surface area contributed by atoms with Gasteiger partial charge in [-0.1, -0.05) is 25.5 Å². The van der Waals surface area contributed by atoms with Crippen molar-refractivity contribution in [2.45, 2.75) is 71.4 Å². The van der Waals surface area contributed by atoms with Gasteiger partial charge in [0.15, 0.2) is 0 Å². The molecule has 1 saturated heterocycles. The van der Waals surface area contributed by atoms with Crippen molar-refractivity contribution < 1.29 is 19.4 Å². The first-order chi connectivity index (χ1) is 14.0. The van der Waals surface area contributed by atoms with E-state index in [9.17, 15) is 14.7 Å². The maximum absolute atomic E-state index is 12.5. The van der Waals surface area contributed by atoms with Gasteiger partial charge in [0.2, 0.25) is 5.91 Å². The fourth-order valence-electron chi connectivity index (χ4n) is 4.36. The van der Waals surface area contributed by atoms with Crippen molar-refractivity contribution in [3.8, 4) is 5.75 Å². The molecule has 2 amide bonds. The summed E-state index contributed by atoms with van der Waals surface area (Å²) < 4.78 is 5.71. The molecule has 0 spiro atoms. The molecule has 0 radical (unpaired) electrons. The second-order valence-corrected chi connectivity index (χ2v) is 8.53. The van der Waals surface area contributed by atoms with Gasteiger partial charge < -0.3 is 20.1 Å². The topological polar surface area (TPSA) is 78.9 Å². The van der Waals surface area contributed by atoms with Crippen LogP contribution in [0.25, 0.3) is 0 Å². The molecular formula is C23H34N2O4. The van der Waals surface area contributed by atoms with Gasteiger partial charge in [-0.05, 0) is 68.6 Å². The number of carbonyl (C=O) groups is 2. The van der Waals surface area contributed by atoms with Gasteiger partial charge >= 0.3 is 6.09 Å². The number of aryl methyl sites for hydroxylation is 1. The van der Waals surface area contributed by atoms with Crippen molar-refractivity contribution in [2.24, 2.45) is 11.8 Å². The second-order valence-electron chi connectivity index (χ2n) is 8.53. The number of benzene rings is 1. The summed E-state index contributed by atoms with van der Waals surface area (Å²) in [6.07, 6.45) is 6.62. The number of piperidine rings is 1. The van der Waals surface area contributed by atoms with Crippen LogP contribution in [0.4, 0.5) is 4.79 Å². The lowest BCUT2D eigenvalue weighted by molar-refractivity contribution is -0.126. The number of carbonyl (C=O) groups excluding carboxylic acids is 2. The number of phenols is 1. The monoisotopic (exact) mass is 402 g/mol. The smallest absolute Gasteiger partial charge is 0.410 e. The number of nitrogens with zero attached hydrogens (tertiary/aromatic N) is 1. The van der Waals surface area contributed by atoms with Gasteiger partial charge in [-0.3, -0.25) is 4.79 Å². The number of hydrogen-bond donors (Lipinski definition) is 2. The summed E-state index contributed by atoms with van der Waals surface area (Å²) >= 11 is 0. The van der Waals surface area contributed by atoms with E-state index >= 15 is 0 Å². The minimum Gasteiger partial charge on any atom is -0.508 e. The van der Waals surface area contributed by atoms with Crippen LogP contribution in [0.5, 0.6) is 5.75 Å². The van der Waals surface area contributed by atoms with E-state index in [1.165, 1.54) is 6.42 Å². The van der Waals surface area contributed by atoms with Crippen molar-refractivity contribution in [1.82, 2.24) is 10.2 Å². The average molecular weight is 403 g/mol. The third kappa shape index (κ3) is 5.87. The van der Waals surface area contributed by atoms with Crippen LogP contribution in [-0.2, 0) is 16.1 Å². The SMILES string of the molecule is CC[C@H]1CC[C@H](OC(=O)N2CCC(C(=O)NCc3ccc(O)c(C)c3)CC2)CC1. The highest BCUT2D eigenvalue weighted by Crippen LogP contribution is 2.29. The summed E-state index contributed by atoms with van der Waals surface area (Å²) in [5, 5.41) is 12.6. The minimum absolute atomic E-state index is 0.0293. The summed E-state index contributed by atoms with van der Waals surface area (Å²) in [5.74, 6) is 1.00. The molecule has 2 fully saturated rings. The van der Waals surface area contributed by atoms with Crippen LogP contribution in [0.15, 0.2) is 18.2 Å². The van der Waals surface area contributed by atoms with Crippen molar-refractivity contribution in [2.75, 3.05) is 13.1 Å². The van der Waals surface area contributed by atoms with E-state index in [1.54, 1.807) is 11.0 Å². The molecule has 1 aromatic rings. The number of hydrogen-bond acceptors (Lipinski definition) is 4. The van der Waals surface area contributed by atoms with Gasteiger partial charge in [-0.2, -0.15) is 0 Å². The first-order valence-corrected chi connectivity index (χ1v) is 11.0. The zero-order chi connectivity index (χ0) is 20.8. The van der Waals surface area contributed by atoms with E-state index in [0.717, 1.165) is 42.7 Å². The molecular weight excluding hydrogens is 368 g/mol. The van der Waals surface area contributed by atoms with E-state index in [-0.39, 0.29) is 29.8 Å². The Labute approximate surface area is 173 Å². The Kier molecular flexibility index (Phi) is 7.40. The van der Waals surface area contributed by atoms with Crippen LogP contribution in [0.3, 0.4) is 0 Å². The number of nitrogens with one attached hydrogen (secondary N) is 1. The lowest BCUT2D eigenvalue weighted by Gasteiger charge is -2.33. The molecule has 160 valence electrons. The Hall–Kier alpha value is -2.24. The van der Waals surface area contributed by atoms with Gasteiger partial charge in [0, 0.05) is 25.6 Å². The van der Waals surface area contributed by atoms with Gasteiger partial charge in [-0.25, -0.2) is 4.79 Å². The molecule has 29 heavy (non-hydrogen) atoms. The van der Waals surface area contributed by atoms with Crippen molar-refractivity contribution in [1.29, 1.82) is 0 Å². The number of ether oxygens (including phenoxy) is 1. The molecule has 0 atom stereocenters. The minimum atomic E-state index is -0.219. The van der Waals surface area contributed by atoms with E-state index in [1.807, 2.05) is 19.1 Å². The Morgan fingerprint density at radius 1 is 1.14 bits per heavy atom. The molecule has 1 aliphatic heterocycles. The number of aromatic hydroxyl groups is 1. The maximum Gasteiger partial charge on any atom is 0.410 e. The number of rotatable bonds is 5. The number of likely N-dealkylation sites (tertiary alicyclic amines) is 1. The van der Waals surface area contributed by atoms with Crippen molar-refractivity contribution >= 4 is 12.0 Å². The average Bonchev–Trinajstić information content (AvgIpc) is 2.75. The van der Waals surface area contributed by atoms with Crippen LogP contribution < -0.4 is 5.32 Å². The van der Waals surface area contributed by atoms with Crippen LogP contribution in [0.1, 0.15) is 63.0 Å². The van der Waals surface area contributed by atoms with E-state index < -0.39 is 0 Å². The van der Waals surface area contributed by atoms with Crippen LogP contribution in [-0.4, -0.2) is 41.2 Å². The van der Waals surface area contributed by atoms with Gasteiger partial charge in [-0.15, -0.1) is 0 Å². The van der Waals surface area contributed by atoms with E-state index in [4.69, 9.17) is 4.74 Å². The first-order valence-electron chi connectivity index (χ1n) is 11.0. The van der Waals surface area contributed by atoms with E-state index in [2.05, 4.69) is 12.2 Å². The maximum atomic E-state index is 12.5. The highest BCUT2D eigenvalue weighted by Gasteiger charge is 2.30. The van der Waals surface area contributed by atoms with Gasteiger partial charge in [0.25, 0.3) is 0 Å². The fourth-order valence-corrected chi connectivity index (χ4v) is 4.36. The normalized spacial score (nSPS) is 22.9.